The molecule has 2 saturated heterocycles. The summed E-state index contributed by atoms with van der Waals surface area (Å²) in [4.78, 5) is 30.4. The van der Waals surface area contributed by atoms with Crippen molar-refractivity contribution in [1.29, 1.82) is 0 Å². The number of halogens is 3. The number of amides is 2. The minimum absolute atomic E-state index is 0.0106. The van der Waals surface area contributed by atoms with Crippen LogP contribution in [0, 0.1) is 0 Å². The zero-order valence-electron chi connectivity index (χ0n) is 26.5. The first-order valence-electron chi connectivity index (χ1n) is 15.8. The van der Waals surface area contributed by atoms with E-state index >= 15 is 0 Å². The highest BCUT2D eigenvalue weighted by molar-refractivity contribution is 5.74. The maximum absolute atomic E-state index is 13.3. The monoisotopic (exact) mass is 638 g/mol. The molecule has 246 valence electrons. The van der Waals surface area contributed by atoms with E-state index < -0.39 is 12.8 Å². The molecule has 2 aliphatic heterocycles. The Morgan fingerprint density at radius 3 is 2.13 bits per heavy atom. The summed E-state index contributed by atoms with van der Waals surface area (Å²) < 4.78 is 51.0. The number of carbonyl (C=O) groups excluding carboxylic acids is 1. The Kier molecular flexibility index (Phi) is 9.37. The molecule has 1 aliphatic carbocycles. The maximum atomic E-state index is 13.3. The van der Waals surface area contributed by atoms with Crippen molar-refractivity contribution >= 4 is 6.03 Å². The van der Waals surface area contributed by atoms with E-state index in [-0.39, 0.29) is 48.3 Å². The molecule has 46 heavy (non-hydrogen) atoms. The highest BCUT2D eigenvalue weighted by Gasteiger charge is 2.44. The van der Waals surface area contributed by atoms with Gasteiger partial charge in [-0.15, -0.1) is 0 Å². The van der Waals surface area contributed by atoms with Gasteiger partial charge in [0.2, 0.25) is 11.8 Å². The second kappa shape index (κ2) is 13.4. The average molecular weight is 639 g/mol. The van der Waals surface area contributed by atoms with Gasteiger partial charge in [0.1, 0.15) is 5.82 Å². The number of alkyl halides is 3. The number of nitrogens with zero attached hydrogens (tertiary/aromatic N) is 6. The van der Waals surface area contributed by atoms with E-state index in [0.29, 0.717) is 44.1 Å². The Hall–Kier alpha value is -3.90. The lowest BCUT2D eigenvalue weighted by Crippen LogP contribution is -2.67. The van der Waals surface area contributed by atoms with Crippen LogP contribution in [0.25, 0.3) is 0 Å². The van der Waals surface area contributed by atoms with Crippen LogP contribution in [-0.4, -0.2) is 114 Å². The zero-order chi connectivity index (χ0) is 32.4. The highest BCUT2D eigenvalue weighted by atomic mass is 19.4. The molecule has 1 unspecified atom stereocenters. The molecule has 2 atom stereocenters. The van der Waals surface area contributed by atoms with Crippen LogP contribution in [-0.2, 0) is 6.54 Å². The molecular weight excluding hydrogens is 597 g/mol. The van der Waals surface area contributed by atoms with Crippen molar-refractivity contribution < 1.29 is 27.4 Å². The van der Waals surface area contributed by atoms with E-state index in [2.05, 4.69) is 44.0 Å². The second-order valence-corrected chi connectivity index (χ2v) is 12.6. The molecule has 3 aromatic rings. The summed E-state index contributed by atoms with van der Waals surface area (Å²) in [5.74, 6) is 0.729. The average Bonchev–Trinajstić information content (AvgIpc) is 3.90. The molecular formula is C34H41F3N6O3. The molecule has 12 heteroatoms. The number of ether oxygens (including phenoxy) is 2. The summed E-state index contributed by atoms with van der Waals surface area (Å²) in [7, 11) is 4.99. The fourth-order valence-corrected chi connectivity index (χ4v) is 6.83. The fraction of sp³-hybridized carbons (Fsp3) is 0.500. The number of piperazine rings is 2. The molecule has 3 aliphatic rings. The molecule has 9 nitrogen and oxygen atoms in total. The minimum Gasteiger partial charge on any atom is -0.481 e. The van der Waals surface area contributed by atoms with Crippen molar-refractivity contribution in [3.63, 3.8) is 0 Å². The maximum Gasteiger partial charge on any atom is 0.422 e. The Balaban J connectivity index is 1.38. The lowest BCUT2D eigenvalue weighted by molar-refractivity contribution is -0.154. The van der Waals surface area contributed by atoms with Crippen LogP contribution in [0.15, 0.2) is 60.7 Å². The van der Waals surface area contributed by atoms with Gasteiger partial charge in [-0.2, -0.15) is 23.1 Å². The van der Waals surface area contributed by atoms with Gasteiger partial charge in [0, 0.05) is 77.3 Å². The normalized spacial score (nSPS) is 20.8. The van der Waals surface area contributed by atoms with E-state index in [1.807, 2.05) is 41.3 Å². The molecule has 1 aromatic heterocycles. The van der Waals surface area contributed by atoms with Crippen LogP contribution in [0.4, 0.5) is 18.0 Å². The van der Waals surface area contributed by atoms with E-state index in [4.69, 9.17) is 9.47 Å². The van der Waals surface area contributed by atoms with Crippen molar-refractivity contribution in [2.75, 3.05) is 60.5 Å². The van der Waals surface area contributed by atoms with E-state index in [1.165, 1.54) is 18.2 Å². The molecule has 0 bridgehead atoms. The van der Waals surface area contributed by atoms with Gasteiger partial charge in [0.05, 0.1) is 12.7 Å². The van der Waals surface area contributed by atoms with Gasteiger partial charge in [0.25, 0.3) is 0 Å². The number of fused-ring (bicyclic) bond motifs is 1. The molecule has 0 radical (unpaired) electrons. The van der Waals surface area contributed by atoms with Crippen LogP contribution < -0.4 is 9.47 Å². The van der Waals surface area contributed by atoms with E-state index in [9.17, 15) is 18.0 Å². The zero-order valence-corrected chi connectivity index (χ0v) is 26.5. The molecule has 0 spiro atoms. The van der Waals surface area contributed by atoms with Gasteiger partial charge >= 0.3 is 12.2 Å². The predicted molar refractivity (Wildman–Crippen MR) is 167 cm³/mol. The van der Waals surface area contributed by atoms with Gasteiger partial charge < -0.3 is 19.3 Å². The molecule has 0 N–H and O–H groups in total. The first-order chi connectivity index (χ1) is 22.1. The van der Waals surface area contributed by atoms with Gasteiger partial charge in [-0.05, 0) is 24.0 Å². The molecule has 2 aromatic carbocycles. The molecule has 2 amide bonds. The quantitative estimate of drug-likeness (QED) is 0.327. The molecule has 3 heterocycles. The summed E-state index contributed by atoms with van der Waals surface area (Å²) in [6.45, 7) is 1.86. The van der Waals surface area contributed by atoms with Crippen LogP contribution in [0.5, 0.6) is 11.8 Å². The van der Waals surface area contributed by atoms with Gasteiger partial charge in [-0.3, -0.25) is 9.80 Å². The summed E-state index contributed by atoms with van der Waals surface area (Å²) in [5.41, 5.74) is 2.75. The van der Waals surface area contributed by atoms with Crippen molar-refractivity contribution in [3.8, 4) is 11.8 Å². The third kappa shape index (κ3) is 7.23. The van der Waals surface area contributed by atoms with E-state index in [0.717, 1.165) is 12.8 Å². The second-order valence-electron chi connectivity index (χ2n) is 12.6. The number of aromatic nitrogens is 2. The molecule has 1 saturated carbocycles. The van der Waals surface area contributed by atoms with Crippen LogP contribution >= 0.6 is 0 Å². The number of methoxy groups -OCH3 is 1. The Labute approximate surface area is 267 Å². The van der Waals surface area contributed by atoms with Gasteiger partial charge in [0.15, 0.2) is 6.61 Å². The lowest BCUT2D eigenvalue weighted by Gasteiger charge is -2.53. The minimum atomic E-state index is -4.52. The first-order valence-corrected chi connectivity index (χ1v) is 15.8. The van der Waals surface area contributed by atoms with Crippen molar-refractivity contribution in [3.05, 3.63) is 83.2 Å². The van der Waals surface area contributed by atoms with Gasteiger partial charge in [-0.1, -0.05) is 60.7 Å². The standard InChI is InChI=1S/C34H41F3N6O3/c1-40(2)33(44)42-16-17-43-26(19-42)18-41(21-28(43)29(23-10-6-4-7-11-23)24-12-8-5-9-13-24)20-27-31(45-3)38-30(25-14-15-25)39-32(27)46-22-34(35,36)37/h4-13,25-26,28-29H,14-22H2,1-3H3/t26-,28?/m1/s1. The Morgan fingerprint density at radius 2 is 1.57 bits per heavy atom. The highest BCUT2D eigenvalue weighted by Crippen LogP contribution is 2.42. The summed E-state index contributed by atoms with van der Waals surface area (Å²) in [6, 6.07) is 20.8. The smallest absolute Gasteiger partial charge is 0.422 e. The summed E-state index contributed by atoms with van der Waals surface area (Å²) in [5, 5.41) is 0. The Morgan fingerprint density at radius 1 is 0.935 bits per heavy atom. The largest absolute Gasteiger partial charge is 0.481 e. The first kappa shape index (κ1) is 32.1. The van der Waals surface area contributed by atoms with Crippen molar-refractivity contribution in [1.82, 2.24) is 29.6 Å². The van der Waals surface area contributed by atoms with Crippen molar-refractivity contribution in [2.24, 2.45) is 0 Å². The number of carbonyl (C=O) groups is 1. The predicted octanol–water partition coefficient (Wildman–Crippen LogP) is 4.99. The summed E-state index contributed by atoms with van der Waals surface area (Å²) in [6.07, 6.45) is -2.75. The van der Waals surface area contributed by atoms with Crippen LogP contribution in [0.1, 0.15) is 47.2 Å². The summed E-state index contributed by atoms with van der Waals surface area (Å²) >= 11 is 0. The van der Waals surface area contributed by atoms with Crippen LogP contribution in [0.3, 0.4) is 0 Å². The van der Waals surface area contributed by atoms with Gasteiger partial charge in [-0.25, -0.2) is 4.79 Å². The number of urea groups is 1. The third-order valence-electron chi connectivity index (χ3n) is 9.06. The Bertz CT molecular complexity index is 1450. The lowest BCUT2D eigenvalue weighted by atomic mass is 9.81. The number of rotatable bonds is 9. The third-order valence-corrected chi connectivity index (χ3v) is 9.06. The van der Waals surface area contributed by atoms with Crippen molar-refractivity contribution in [2.45, 2.75) is 49.5 Å². The number of hydrogen-bond acceptors (Lipinski definition) is 7. The SMILES string of the molecule is COc1nc(C2CC2)nc(OCC(F)(F)F)c1CN1CC(C(c2ccccc2)c2ccccc2)N2CCN(C(=O)N(C)C)C[C@H]2C1. The molecule has 6 rings (SSSR count). The topological polar surface area (TPSA) is 74.3 Å². The number of benzene rings is 2. The fourth-order valence-electron chi connectivity index (χ4n) is 6.83. The number of hydrogen-bond donors (Lipinski definition) is 0. The van der Waals surface area contributed by atoms with E-state index in [1.54, 1.807) is 19.0 Å². The van der Waals surface area contributed by atoms with Crippen LogP contribution in [0.2, 0.25) is 0 Å². The molecule has 3 fully saturated rings.